The molecule has 0 radical (unpaired) electrons. The first kappa shape index (κ1) is 20.2. The lowest BCUT2D eigenvalue weighted by Gasteiger charge is -2.35. The van der Waals surface area contributed by atoms with Crippen LogP contribution in [0.4, 0.5) is 0 Å². The van der Waals surface area contributed by atoms with Gasteiger partial charge in [-0.3, -0.25) is 4.79 Å². The van der Waals surface area contributed by atoms with E-state index in [-0.39, 0.29) is 17.9 Å². The fourth-order valence-electron chi connectivity index (χ4n) is 3.32. The van der Waals surface area contributed by atoms with Crippen LogP contribution in [0.2, 0.25) is 0 Å². The van der Waals surface area contributed by atoms with Gasteiger partial charge in [0, 0.05) is 30.5 Å². The van der Waals surface area contributed by atoms with Crippen LogP contribution in [0.15, 0.2) is 22.7 Å². The van der Waals surface area contributed by atoms with Crippen LogP contribution in [0.25, 0.3) is 11.4 Å². The predicted octanol–water partition coefficient (Wildman–Crippen LogP) is 3.72. The van der Waals surface area contributed by atoms with Gasteiger partial charge in [-0.2, -0.15) is 4.98 Å². The normalized spacial score (nSPS) is 15.0. The molecule has 1 atom stereocenters. The highest BCUT2D eigenvalue weighted by Gasteiger charge is 2.31. The molecule has 0 aliphatic heterocycles. The van der Waals surface area contributed by atoms with Gasteiger partial charge in [-0.25, -0.2) is 0 Å². The highest BCUT2D eigenvalue weighted by Crippen LogP contribution is 2.31. The van der Waals surface area contributed by atoms with Crippen molar-refractivity contribution in [1.82, 2.24) is 15.0 Å². The minimum atomic E-state index is 0.194. The van der Waals surface area contributed by atoms with Gasteiger partial charge in [-0.1, -0.05) is 18.5 Å². The molecule has 1 aromatic heterocycles. The number of carbonyl (C=O) groups is 1. The minimum absolute atomic E-state index is 0.194. The standard InChI is InChI=1S/C21H29N3O4/c1-5-14(2)24(21(25)15-7-6-8-15)12-11-19-22-20(23-28-19)16-9-10-17(26-3)18(13-16)27-4/h9-10,13-15H,5-8,11-12H2,1-4H3/t14-/m0/s1. The predicted molar refractivity (Wildman–Crippen MR) is 105 cm³/mol. The Labute approximate surface area is 166 Å². The summed E-state index contributed by atoms with van der Waals surface area (Å²) in [7, 11) is 3.18. The molecule has 1 aliphatic carbocycles. The number of nitrogens with zero attached hydrogens (tertiary/aromatic N) is 3. The van der Waals surface area contributed by atoms with Gasteiger partial charge in [0.15, 0.2) is 11.5 Å². The van der Waals surface area contributed by atoms with E-state index in [4.69, 9.17) is 14.0 Å². The average Bonchev–Trinajstić information content (AvgIpc) is 3.14. The Hall–Kier alpha value is -2.57. The molecule has 0 unspecified atom stereocenters. The lowest BCUT2D eigenvalue weighted by Crippen LogP contribution is -2.44. The summed E-state index contributed by atoms with van der Waals surface area (Å²) in [6.45, 7) is 4.80. The molecule has 0 N–H and O–H groups in total. The van der Waals surface area contributed by atoms with E-state index in [1.165, 1.54) is 0 Å². The molecule has 2 aromatic rings. The van der Waals surface area contributed by atoms with Crippen molar-refractivity contribution < 1.29 is 18.8 Å². The van der Waals surface area contributed by atoms with E-state index < -0.39 is 0 Å². The molecule has 0 spiro atoms. The van der Waals surface area contributed by atoms with Gasteiger partial charge in [0.05, 0.1) is 14.2 Å². The van der Waals surface area contributed by atoms with Crippen molar-refractivity contribution in [2.45, 2.75) is 52.0 Å². The first-order chi connectivity index (χ1) is 13.6. The summed E-state index contributed by atoms with van der Waals surface area (Å²) >= 11 is 0. The molecular weight excluding hydrogens is 358 g/mol. The smallest absolute Gasteiger partial charge is 0.228 e. The molecule has 0 saturated heterocycles. The lowest BCUT2D eigenvalue weighted by molar-refractivity contribution is -0.140. The largest absolute Gasteiger partial charge is 0.493 e. The molecule has 152 valence electrons. The van der Waals surface area contributed by atoms with Crippen molar-refractivity contribution >= 4 is 5.91 Å². The van der Waals surface area contributed by atoms with Crippen LogP contribution in [-0.2, 0) is 11.2 Å². The molecule has 1 aromatic carbocycles. The van der Waals surface area contributed by atoms with Gasteiger partial charge in [-0.05, 0) is 44.4 Å². The molecule has 7 heteroatoms. The number of ether oxygens (including phenoxy) is 2. The number of carbonyl (C=O) groups excluding carboxylic acids is 1. The Balaban J connectivity index is 1.68. The molecule has 1 heterocycles. The summed E-state index contributed by atoms with van der Waals surface area (Å²) in [6, 6.07) is 5.70. The third-order valence-electron chi connectivity index (χ3n) is 5.54. The van der Waals surface area contributed by atoms with Gasteiger partial charge >= 0.3 is 0 Å². The summed E-state index contributed by atoms with van der Waals surface area (Å²) in [5, 5.41) is 4.08. The fraction of sp³-hybridized carbons (Fsp3) is 0.571. The van der Waals surface area contributed by atoms with E-state index in [2.05, 4.69) is 24.0 Å². The molecular formula is C21H29N3O4. The Bertz CT molecular complexity index is 801. The maximum absolute atomic E-state index is 12.7. The number of hydrogen-bond acceptors (Lipinski definition) is 6. The van der Waals surface area contributed by atoms with Crippen molar-refractivity contribution in [2.75, 3.05) is 20.8 Å². The topological polar surface area (TPSA) is 77.7 Å². The summed E-state index contributed by atoms with van der Waals surface area (Å²) in [6.07, 6.45) is 4.65. The van der Waals surface area contributed by atoms with Crippen LogP contribution in [-0.4, -0.2) is 47.8 Å². The molecule has 28 heavy (non-hydrogen) atoms. The number of methoxy groups -OCH3 is 2. The monoisotopic (exact) mass is 387 g/mol. The first-order valence-corrected chi connectivity index (χ1v) is 9.92. The van der Waals surface area contributed by atoms with E-state index in [9.17, 15) is 4.79 Å². The molecule has 1 saturated carbocycles. The van der Waals surface area contributed by atoms with Crippen LogP contribution in [0.3, 0.4) is 0 Å². The molecule has 7 nitrogen and oxygen atoms in total. The third kappa shape index (κ3) is 4.29. The highest BCUT2D eigenvalue weighted by atomic mass is 16.5. The van der Waals surface area contributed by atoms with Crippen molar-refractivity contribution in [3.63, 3.8) is 0 Å². The number of rotatable bonds is 9. The van der Waals surface area contributed by atoms with Crippen LogP contribution >= 0.6 is 0 Å². The number of hydrogen-bond donors (Lipinski definition) is 0. The second kappa shape index (κ2) is 9.08. The second-order valence-electron chi connectivity index (χ2n) is 7.25. The Morgan fingerprint density at radius 3 is 2.64 bits per heavy atom. The Kier molecular flexibility index (Phi) is 6.54. The van der Waals surface area contributed by atoms with Crippen molar-refractivity contribution in [3.05, 3.63) is 24.1 Å². The molecule has 1 aliphatic rings. The van der Waals surface area contributed by atoms with Gasteiger partial charge in [0.2, 0.25) is 17.6 Å². The summed E-state index contributed by atoms with van der Waals surface area (Å²) in [5.41, 5.74) is 0.789. The SMILES string of the molecule is CC[C@H](C)N(CCc1nc(-c2ccc(OC)c(OC)c2)no1)C(=O)C1CCC1. The van der Waals surface area contributed by atoms with Gasteiger partial charge in [-0.15, -0.1) is 0 Å². The van der Waals surface area contributed by atoms with Crippen LogP contribution in [0, 0.1) is 5.92 Å². The zero-order chi connectivity index (χ0) is 20.1. The Morgan fingerprint density at radius 2 is 2.04 bits per heavy atom. The van der Waals surface area contributed by atoms with Gasteiger partial charge in [0.25, 0.3) is 0 Å². The fourth-order valence-corrected chi connectivity index (χ4v) is 3.32. The summed E-state index contributed by atoms with van der Waals surface area (Å²) in [5.74, 6) is 2.74. The zero-order valence-electron chi connectivity index (χ0n) is 17.1. The first-order valence-electron chi connectivity index (χ1n) is 9.92. The molecule has 3 rings (SSSR count). The zero-order valence-corrected chi connectivity index (χ0v) is 17.1. The van der Waals surface area contributed by atoms with Crippen molar-refractivity contribution in [2.24, 2.45) is 5.92 Å². The third-order valence-corrected chi connectivity index (χ3v) is 5.54. The lowest BCUT2D eigenvalue weighted by atomic mass is 9.84. The van der Waals surface area contributed by atoms with E-state index in [1.807, 2.05) is 23.1 Å². The number of amides is 1. The second-order valence-corrected chi connectivity index (χ2v) is 7.25. The average molecular weight is 387 g/mol. The van der Waals surface area contributed by atoms with E-state index in [0.717, 1.165) is 31.2 Å². The maximum Gasteiger partial charge on any atom is 0.228 e. The van der Waals surface area contributed by atoms with E-state index in [0.29, 0.717) is 36.2 Å². The van der Waals surface area contributed by atoms with Crippen LogP contribution in [0.5, 0.6) is 11.5 Å². The molecule has 1 amide bonds. The number of aromatic nitrogens is 2. The van der Waals surface area contributed by atoms with E-state index >= 15 is 0 Å². The minimum Gasteiger partial charge on any atom is -0.493 e. The summed E-state index contributed by atoms with van der Waals surface area (Å²) in [4.78, 5) is 19.2. The number of benzene rings is 1. The van der Waals surface area contributed by atoms with Gasteiger partial charge in [0.1, 0.15) is 0 Å². The van der Waals surface area contributed by atoms with Crippen molar-refractivity contribution in [3.8, 4) is 22.9 Å². The maximum atomic E-state index is 12.7. The van der Waals surface area contributed by atoms with Gasteiger partial charge < -0.3 is 18.9 Å². The van der Waals surface area contributed by atoms with E-state index in [1.54, 1.807) is 14.2 Å². The quantitative estimate of drug-likeness (QED) is 0.652. The van der Waals surface area contributed by atoms with Crippen LogP contribution in [0.1, 0.15) is 45.4 Å². The summed E-state index contributed by atoms with van der Waals surface area (Å²) < 4.78 is 16.0. The highest BCUT2D eigenvalue weighted by molar-refractivity contribution is 5.79. The Morgan fingerprint density at radius 1 is 1.29 bits per heavy atom. The molecule has 0 bridgehead atoms. The van der Waals surface area contributed by atoms with Crippen molar-refractivity contribution in [1.29, 1.82) is 0 Å². The molecule has 1 fully saturated rings. The van der Waals surface area contributed by atoms with Crippen LogP contribution < -0.4 is 9.47 Å².